The van der Waals surface area contributed by atoms with E-state index in [0.717, 1.165) is 25.7 Å². The third-order valence-electron chi connectivity index (χ3n) is 5.07. The lowest BCUT2D eigenvalue weighted by Gasteiger charge is -2.33. The highest BCUT2D eigenvalue weighted by Crippen LogP contribution is 2.40. The van der Waals surface area contributed by atoms with Gasteiger partial charge in [-0.25, -0.2) is 17.5 Å². The van der Waals surface area contributed by atoms with E-state index in [2.05, 4.69) is 0 Å². The van der Waals surface area contributed by atoms with E-state index in [1.165, 1.54) is 9.21 Å². The fourth-order valence-electron chi connectivity index (χ4n) is 3.98. The fourth-order valence-corrected chi connectivity index (χ4v) is 5.41. The Labute approximate surface area is 137 Å². The number of nitrogens with zero attached hydrogens (tertiary/aromatic N) is 2. The Morgan fingerprint density at radius 2 is 1.78 bits per heavy atom. The summed E-state index contributed by atoms with van der Waals surface area (Å²) in [5, 5.41) is 9.43. The number of carboxylic acid groups (broad SMARTS) is 1. The van der Waals surface area contributed by atoms with Gasteiger partial charge in [-0.1, -0.05) is 26.7 Å². The molecule has 0 spiro atoms. The lowest BCUT2D eigenvalue weighted by Crippen LogP contribution is -2.49. The molecule has 0 bridgehead atoms. The SMILES string of the molecule is CCN(CC)S(=O)(=O)CC(=O)N1[C@H](C(=O)O)C[C@@H]2CCCC[C@@H]21. The van der Waals surface area contributed by atoms with Gasteiger partial charge >= 0.3 is 5.97 Å². The molecule has 7 nitrogen and oxygen atoms in total. The minimum Gasteiger partial charge on any atom is -0.480 e. The molecule has 0 aromatic heterocycles. The van der Waals surface area contributed by atoms with Crippen molar-refractivity contribution >= 4 is 21.9 Å². The average molecular weight is 346 g/mol. The van der Waals surface area contributed by atoms with Crippen molar-refractivity contribution in [2.24, 2.45) is 5.92 Å². The number of fused-ring (bicyclic) bond motifs is 1. The van der Waals surface area contributed by atoms with E-state index in [-0.39, 0.29) is 12.0 Å². The number of carbonyl (C=O) groups is 2. The smallest absolute Gasteiger partial charge is 0.326 e. The number of sulfonamides is 1. The zero-order valence-corrected chi connectivity index (χ0v) is 14.6. The fraction of sp³-hybridized carbons (Fsp3) is 0.867. The zero-order chi connectivity index (χ0) is 17.2. The van der Waals surface area contributed by atoms with Gasteiger partial charge in [0.15, 0.2) is 0 Å². The van der Waals surface area contributed by atoms with Crippen molar-refractivity contribution in [3.63, 3.8) is 0 Å². The van der Waals surface area contributed by atoms with E-state index < -0.39 is 33.7 Å². The topological polar surface area (TPSA) is 95.0 Å². The van der Waals surface area contributed by atoms with Crippen LogP contribution in [0.5, 0.6) is 0 Å². The molecule has 1 aliphatic heterocycles. The third kappa shape index (κ3) is 3.68. The normalized spacial score (nSPS) is 28.0. The van der Waals surface area contributed by atoms with E-state index in [0.29, 0.717) is 19.5 Å². The maximum absolute atomic E-state index is 12.6. The molecule has 2 rings (SSSR count). The molecule has 1 N–H and O–H groups in total. The van der Waals surface area contributed by atoms with Crippen molar-refractivity contribution < 1.29 is 23.1 Å². The van der Waals surface area contributed by atoms with Gasteiger partial charge in [0.25, 0.3) is 0 Å². The Hall–Kier alpha value is -1.15. The molecule has 0 aromatic carbocycles. The summed E-state index contributed by atoms with van der Waals surface area (Å²) in [6, 6.07) is -1.01. The van der Waals surface area contributed by atoms with E-state index in [9.17, 15) is 23.1 Å². The number of rotatable bonds is 6. The van der Waals surface area contributed by atoms with Gasteiger partial charge in [0.2, 0.25) is 15.9 Å². The van der Waals surface area contributed by atoms with Crippen molar-refractivity contribution in [2.75, 3.05) is 18.8 Å². The third-order valence-corrected chi connectivity index (χ3v) is 6.98. The van der Waals surface area contributed by atoms with Crippen molar-refractivity contribution in [1.29, 1.82) is 0 Å². The monoisotopic (exact) mass is 346 g/mol. The summed E-state index contributed by atoms with van der Waals surface area (Å²) < 4.78 is 25.9. The molecule has 0 aromatic rings. The maximum Gasteiger partial charge on any atom is 0.326 e. The van der Waals surface area contributed by atoms with Crippen LogP contribution in [0.1, 0.15) is 46.0 Å². The van der Waals surface area contributed by atoms with Crippen molar-refractivity contribution in [2.45, 2.75) is 58.0 Å². The van der Waals surface area contributed by atoms with Gasteiger partial charge < -0.3 is 10.0 Å². The minimum atomic E-state index is -3.70. The molecular formula is C15H26N2O5S. The van der Waals surface area contributed by atoms with Crippen LogP contribution in [0.15, 0.2) is 0 Å². The van der Waals surface area contributed by atoms with Crippen LogP contribution in [0, 0.1) is 5.92 Å². The van der Waals surface area contributed by atoms with Crippen molar-refractivity contribution in [1.82, 2.24) is 9.21 Å². The van der Waals surface area contributed by atoms with Crippen LogP contribution >= 0.6 is 0 Å². The molecule has 2 fully saturated rings. The van der Waals surface area contributed by atoms with Gasteiger partial charge in [0.1, 0.15) is 11.8 Å². The number of aliphatic carboxylic acids is 1. The van der Waals surface area contributed by atoms with E-state index in [4.69, 9.17) is 0 Å². The first-order chi connectivity index (χ1) is 10.8. The highest BCUT2D eigenvalue weighted by atomic mass is 32.2. The Bertz CT molecular complexity index is 558. The summed E-state index contributed by atoms with van der Waals surface area (Å²) in [5.41, 5.74) is 0. The minimum absolute atomic E-state index is 0.121. The number of carboxylic acids is 1. The Kier molecular flexibility index (Phi) is 5.67. The van der Waals surface area contributed by atoms with Crippen LogP contribution in [-0.4, -0.2) is 65.5 Å². The maximum atomic E-state index is 12.6. The van der Waals surface area contributed by atoms with Crippen LogP contribution in [0.4, 0.5) is 0 Å². The van der Waals surface area contributed by atoms with Gasteiger partial charge in [-0.3, -0.25) is 4.79 Å². The molecule has 1 saturated carbocycles. The molecule has 132 valence electrons. The molecule has 23 heavy (non-hydrogen) atoms. The van der Waals surface area contributed by atoms with Crippen LogP contribution in [0.2, 0.25) is 0 Å². The molecule has 3 atom stereocenters. The number of hydrogen-bond acceptors (Lipinski definition) is 4. The molecule has 0 unspecified atom stereocenters. The molecule has 1 amide bonds. The van der Waals surface area contributed by atoms with E-state index in [1.807, 2.05) is 0 Å². The van der Waals surface area contributed by atoms with Gasteiger partial charge in [0.05, 0.1) is 0 Å². The first-order valence-electron chi connectivity index (χ1n) is 8.33. The number of hydrogen-bond donors (Lipinski definition) is 1. The zero-order valence-electron chi connectivity index (χ0n) is 13.8. The lowest BCUT2D eigenvalue weighted by atomic mass is 9.85. The number of likely N-dealkylation sites (tertiary alicyclic amines) is 1. The molecular weight excluding hydrogens is 320 g/mol. The highest BCUT2D eigenvalue weighted by molar-refractivity contribution is 7.89. The predicted octanol–water partition coefficient (Wildman–Crippen LogP) is 0.902. The second-order valence-electron chi connectivity index (χ2n) is 6.34. The molecule has 2 aliphatic rings. The summed E-state index contributed by atoms with van der Waals surface area (Å²) in [4.78, 5) is 25.5. The summed E-state index contributed by atoms with van der Waals surface area (Å²) >= 11 is 0. The first kappa shape index (κ1) is 18.2. The van der Waals surface area contributed by atoms with Crippen molar-refractivity contribution in [3.8, 4) is 0 Å². The Balaban J connectivity index is 2.19. The quantitative estimate of drug-likeness (QED) is 0.771. The Morgan fingerprint density at radius 3 is 2.35 bits per heavy atom. The highest BCUT2D eigenvalue weighted by Gasteiger charge is 2.48. The van der Waals surface area contributed by atoms with Gasteiger partial charge in [-0.2, -0.15) is 0 Å². The van der Waals surface area contributed by atoms with Crippen molar-refractivity contribution in [3.05, 3.63) is 0 Å². The largest absolute Gasteiger partial charge is 0.480 e. The van der Waals surface area contributed by atoms with Crippen LogP contribution < -0.4 is 0 Å². The Morgan fingerprint density at radius 1 is 1.17 bits per heavy atom. The molecule has 1 aliphatic carbocycles. The average Bonchev–Trinajstić information content (AvgIpc) is 2.87. The van der Waals surface area contributed by atoms with Crippen LogP contribution in [0.3, 0.4) is 0 Å². The first-order valence-corrected chi connectivity index (χ1v) is 9.94. The number of carbonyl (C=O) groups excluding carboxylic acids is 1. The summed E-state index contributed by atoms with van der Waals surface area (Å²) in [6.45, 7) is 4.05. The summed E-state index contributed by atoms with van der Waals surface area (Å²) in [5.74, 6) is -2.06. The number of amides is 1. The standard InChI is InChI=1S/C15H26N2O5S/c1-3-16(4-2)23(21,22)10-14(18)17-12-8-6-5-7-11(12)9-13(17)15(19)20/h11-13H,3-10H2,1-2H3,(H,19,20)/t11-,12-,13-/m0/s1. The van der Waals surface area contributed by atoms with E-state index in [1.54, 1.807) is 13.8 Å². The van der Waals surface area contributed by atoms with Gasteiger partial charge in [-0.15, -0.1) is 0 Å². The van der Waals surface area contributed by atoms with Crippen LogP contribution in [0.25, 0.3) is 0 Å². The second-order valence-corrected chi connectivity index (χ2v) is 8.31. The van der Waals surface area contributed by atoms with Gasteiger partial charge in [0, 0.05) is 19.1 Å². The van der Waals surface area contributed by atoms with E-state index >= 15 is 0 Å². The molecule has 1 heterocycles. The molecule has 1 saturated heterocycles. The second kappa shape index (κ2) is 7.17. The van der Waals surface area contributed by atoms with Gasteiger partial charge in [-0.05, 0) is 25.2 Å². The molecule has 8 heteroatoms. The predicted molar refractivity (Wildman–Crippen MR) is 85.3 cm³/mol. The lowest BCUT2D eigenvalue weighted by molar-refractivity contribution is -0.148. The summed E-state index contributed by atoms with van der Waals surface area (Å²) in [7, 11) is -3.70. The molecule has 0 radical (unpaired) electrons. The van der Waals surface area contributed by atoms with Crippen LogP contribution in [-0.2, 0) is 19.6 Å². The summed E-state index contributed by atoms with van der Waals surface area (Å²) in [6.07, 6.45) is 4.14.